The van der Waals surface area contributed by atoms with Gasteiger partial charge in [0.15, 0.2) is 5.69 Å². The van der Waals surface area contributed by atoms with Gasteiger partial charge in [0.25, 0.3) is 11.6 Å². The van der Waals surface area contributed by atoms with Crippen molar-refractivity contribution in [1.82, 2.24) is 9.59 Å². The topological polar surface area (TPSA) is 98.0 Å². The summed E-state index contributed by atoms with van der Waals surface area (Å²) >= 11 is 2.50. The highest BCUT2D eigenvalue weighted by Gasteiger charge is 2.16. The molecule has 9 heteroatoms. The molecule has 0 radical (unpaired) electrons. The first kappa shape index (κ1) is 13.4. The van der Waals surface area contributed by atoms with E-state index < -0.39 is 10.8 Å². The van der Waals surface area contributed by atoms with Crippen LogP contribution in [-0.2, 0) is 0 Å². The Morgan fingerprint density at radius 1 is 1.53 bits per heavy atom. The SMILES string of the molecule is CSc1snnc1C(=O)Nc1cccc([N+](=O)[O-])c1. The zero-order valence-electron chi connectivity index (χ0n) is 9.69. The zero-order chi connectivity index (χ0) is 13.8. The standard InChI is InChI=1S/C10H8N4O3S2/c1-18-10-8(12-13-19-10)9(15)11-6-3-2-4-7(5-6)14(16)17/h2-5H,1H3,(H,11,15). The van der Waals surface area contributed by atoms with Crippen molar-refractivity contribution >= 4 is 40.6 Å². The van der Waals surface area contributed by atoms with Crippen LogP contribution in [0.25, 0.3) is 0 Å². The Morgan fingerprint density at radius 2 is 2.32 bits per heavy atom. The number of benzene rings is 1. The van der Waals surface area contributed by atoms with E-state index in [1.54, 1.807) is 6.07 Å². The lowest BCUT2D eigenvalue weighted by atomic mass is 10.3. The number of non-ortho nitro benzene ring substituents is 1. The molecular formula is C10H8N4O3S2. The van der Waals surface area contributed by atoms with Gasteiger partial charge in [0.05, 0.1) is 4.92 Å². The van der Waals surface area contributed by atoms with Crippen LogP contribution in [0.2, 0.25) is 0 Å². The second kappa shape index (κ2) is 5.76. The normalized spacial score (nSPS) is 10.2. The molecule has 0 spiro atoms. The molecule has 1 aromatic heterocycles. The van der Waals surface area contributed by atoms with Crippen molar-refractivity contribution in [3.63, 3.8) is 0 Å². The number of thioether (sulfide) groups is 1. The summed E-state index contributed by atoms with van der Waals surface area (Å²) in [5.41, 5.74) is 0.488. The molecule has 0 bridgehead atoms. The number of nitrogens with one attached hydrogen (secondary N) is 1. The first-order valence-corrected chi connectivity index (χ1v) is 7.04. The maximum Gasteiger partial charge on any atom is 0.278 e. The van der Waals surface area contributed by atoms with Crippen LogP contribution in [-0.4, -0.2) is 26.7 Å². The zero-order valence-corrected chi connectivity index (χ0v) is 11.3. The van der Waals surface area contributed by atoms with E-state index in [1.165, 1.54) is 30.0 Å². The van der Waals surface area contributed by atoms with Gasteiger partial charge in [-0.25, -0.2) is 0 Å². The second-order valence-corrected chi connectivity index (χ2v) is 5.20. The summed E-state index contributed by atoms with van der Waals surface area (Å²) in [6.45, 7) is 0. The van der Waals surface area contributed by atoms with E-state index in [2.05, 4.69) is 14.9 Å². The lowest BCUT2D eigenvalue weighted by Crippen LogP contribution is -2.13. The van der Waals surface area contributed by atoms with Crippen molar-refractivity contribution in [1.29, 1.82) is 0 Å². The molecule has 19 heavy (non-hydrogen) atoms. The third-order valence-corrected chi connectivity index (χ3v) is 3.98. The molecule has 0 unspecified atom stereocenters. The van der Waals surface area contributed by atoms with Crippen molar-refractivity contribution in [2.75, 3.05) is 11.6 Å². The highest BCUT2D eigenvalue weighted by Crippen LogP contribution is 2.24. The van der Waals surface area contributed by atoms with E-state index >= 15 is 0 Å². The summed E-state index contributed by atoms with van der Waals surface area (Å²) in [5, 5.41) is 16.9. The molecule has 0 aliphatic carbocycles. The number of anilines is 1. The lowest BCUT2D eigenvalue weighted by Gasteiger charge is -2.03. The fraction of sp³-hybridized carbons (Fsp3) is 0.100. The minimum atomic E-state index is -0.520. The predicted molar refractivity (Wildman–Crippen MR) is 72.7 cm³/mol. The van der Waals surface area contributed by atoms with Gasteiger partial charge in [-0.05, 0) is 23.9 Å². The van der Waals surface area contributed by atoms with Gasteiger partial charge >= 0.3 is 0 Å². The van der Waals surface area contributed by atoms with Crippen LogP contribution >= 0.6 is 23.3 Å². The van der Waals surface area contributed by atoms with Crippen LogP contribution in [0.1, 0.15) is 10.5 Å². The quantitative estimate of drug-likeness (QED) is 0.528. The van der Waals surface area contributed by atoms with Crippen LogP contribution in [0.4, 0.5) is 11.4 Å². The summed E-state index contributed by atoms with van der Waals surface area (Å²) in [7, 11) is 0. The number of hydrogen-bond donors (Lipinski definition) is 1. The van der Waals surface area contributed by atoms with E-state index in [4.69, 9.17) is 0 Å². The smallest absolute Gasteiger partial charge is 0.278 e. The highest BCUT2D eigenvalue weighted by atomic mass is 32.2. The second-order valence-electron chi connectivity index (χ2n) is 3.37. The van der Waals surface area contributed by atoms with Crippen LogP contribution in [0.15, 0.2) is 28.5 Å². The number of nitro groups is 1. The Balaban J connectivity index is 2.19. The third kappa shape index (κ3) is 3.06. The van der Waals surface area contributed by atoms with Gasteiger partial charge in [-0.1, -0.05) is 10.6 Å². The van der Waals surface area contributed by atoms with E-state index in [1.807, 2.05) is 6.26 Å². The molecule has 2 rings (SSSR count). The Kier molecular flexibility index (Phi) is 4.07. The molecule has 0 aliphatic heterocycles. The number of hydrogen-bond acceptors (Lipinski definition) is 7. The Labute approximate surface area is 116 Å². The summed E-state index contributed by atoms with van der Waals surface area (Å²) in [5.74, 6) is -0.432. The maximum absolute atomic E-state index is 11.9. The van der Waals surface area contributed by atoms with Gasteiger partial charge in [0.2, 0.25) is 0 Å². The minimum absolute atomic E-state index is 0.0840. The van der Waals surface area contributed by atoms with Crippen LogP contribution in [0.3, 0.4) is 0 Å². The molecule has 2 aromatic rings. The van der Waals surface area contributed by atoms with Crippen molar-refractivity contribution in [3.8, 4) is 0 Å². The number of rotatable bonds is 4. The van der Waals surface area contributed by atoms with E-state index in [9.17, 15) is 14.9 Å². The molecule has 0 saturated heterocycles. The summed E-state index contributed by atoms with van der Waals surface area (Å²) in [6, 6.07) is 5.72. The molecule has 0 fully saturated rings. The largest absolute Gasteiger partial charge is 0.320 e. The summed E-state index contributed by atoms with van der Waals surface area (Å²) in [6.07, 6.45) is 1.82. The molecule has 1 amide bonds. The van der Waals surface area contributed by atoms with Crippen molar-refractivity contribution in [2.45, 2.75) is 4.21 Å². The van der Waals surface area contributed by atoms with Crippen molar-refractivity contribution in [3.05, 3.63) is 40.1 Å². The van der Waals surface area contributed by atoms with Gasteiger partial charge in [-0.3, -0.25) is 14.9 Å². The molecule has 1 heterocycles. The Hall–Kier alpha value is -2.00. The fourth-order valence-corrected chi connectivity index (χ4v) is 2.48. The number of nitro benzene ring substituents is 1. The Bertz CT molecular complexity index is 629. The van der Waals surface area contributed by atoms with E-state index in [0.717, 1.165) is 11.5 Å². The van der Waals surface area contributed by atoms with Gasteiger partial charge in [0.1, 0.15) is 4.21 Å². The monoisotopic (exact) mass is 296 g/mol. The first-order chi connectivity index (χ1) is 9.11. The number of carbonyl (C=O) groups excluding carboxylic acids is 1. The van der Waals surface area contributed by atoms with Crippen molar-refractivity contribution < 1.29 is 9.72 Å². The fourth-order valence-electron chi connectivity index (χ4n) is 1.34. The lowest BCUT2D eigenvalue weighted by molar-refractivity contribution is -0.384. The molecule has 0 aliphatic rings. The molecule has 98 valence electrons. The molecular weight excluding hydrogens is 288 g/mol. The first-order valence-electron chi connectivity index (χ1n) is 5.04. The number of nitrogens with zero attached hydrogens (tertiary/aromatic N) is 3. The molecule has 0 saturated carbocycles. The average Bonchev–Trinajstić information content (AvgIpc) is 2.87. The molecule has 1 aromatic carbocycles. The predicted octanol–water partition coefficient (Wildman–Crippen LogP) is 2.42. The number of aromatic nitrogens is 2. The van der Waals surface area contributed by atoms with Crippen LogP contribution < -0.4 is 5.32 Å². The van der Waals surface area contributed by atoms with E-state index in [-0.39, 0.29) is 11.4 Å². The number of carbonyl (C=O) groups is 1. The van der Waals surface area contributed by atoms with Gasteiger partial charge < -0.3 is 5.32 Å². The minimum Gasteiger partial charge on any atom is -0.320 e. The van der Waals surface area contributed by atoms with Gasteiger partial charge in [0, 0.05) is 17.8 Å². The molecule has 7 nitrogen and oxygen atoms in total. The number of amides is 1. The molecule has 0 atom stereocenters. The highest BCUT2D eigenvalue weighted by molar-refractivity contribution is 8.00. The van der Waals surface area contributed by atoms with Crippen LogP contribution in [0, 0.1) is 10.1 Å². The van der Waals surface area contributed by atoms with Crippen LogP contribution in [0.5, 0.6) is 0 Å². The maximum atomic E-state index is 11.9. The van der Waals surface area contributed by atoms with Gasteiger partial charge in [-0.2, -0.15) is 0 Å². The summed E-state index contributed by atoms with van der Waals surface area (Å²) in [4.78, 5) is 22.1. The third-order valence-electron chi connectivity index (χ3n) is 2.17. The van der Waals surface area contributed by atoms with Crippen molar-refractivity contribution in [2.24, 2.45) is 0 Å². The molecule has 1 N–H and O–H groups in total. The average molecular weight is 296 g/mol. The Morgan fingerprint density at radius 3 is 3.00 bits per heavy atom. The van der Waals surface area contributed by atoms with Gasteiger partial charge in [-0.15, -0.1) is 16.9 Å². The van der Waals surface area contributed by atoms with E-state index in [0.29, 0.717) is 9.90 Å². The summed E-state index contributed by atoms with van der Waals surface area (Å²) < 4.78 is 4.40.